The quantitative estimate of drug-likeness (QED) is 0.450. The number of amides is 2. The lowest BCUT2D eigenvalue weighted by Gasteiger charge is -2.20. The number of hydrogen-bond acceptors (Lipinski definition) is 5. The van der Waals surface area contributed by atoms with Crippen LogP contribution in [0.15, 0.2) is 53.4 Å². The minimum absolute atomic E-state index is 0.190. The first-order valence-electron chi connectivity index (χ1n) is 11.3. The summed E-state index contributed by atoms with van der Waals surface area (Å²) in [6.45, 7) is 2.39. The highest BCUT2D eigenvalue weighted by molar-refractivity contribution is 7.98. The normalized spacial score (nSPS) is 18.1. The second-order valence-electron chi connectivity index (χ2n) is 8.50. The summed E-state index contributed by atoms with van der Waals surface area (Å²) in [6, 6.07) is 13.1. The van der Waals surface area contributed by atoms with Crippen molar-refractivity contribution in [3.05, 3.63) is 65.7 Å². The molecule has 0 aliphatic carbocycles. The molecule has 3 aromatic rings. The molecule has 2 N–H and O–H groups in total. The maximum absolute atomic E-state index is 13.9. The number of thioether (sulfide) groups is 1. The molecule has 186 valence electrons. The molecule has 4 rings (SSSR count). The molecule has 2 amide bonds. The number of urea groups is 1. The van der Waals surface area contributed by atoms with Crippen molar-refractivity contribution < 1.29 is 18.3 Å². The molecule has 1 aromatic heterocycles. The zero-order valence-corrected chi connectivity index (χ0v) is 20.7. The predicted octanol–water partition coefficient (Wildman–Crippen LogP) is 4.32. The largest absolute Gasteiger partial charge is 0.383 e. The second kappa shape index (κ2) is 11.2. The molecule has 1 fully saturated rings. The van der Waals surface area contributed by atoms with E-state index in [0.717, 1.165) is 22.2 Å². The van der Waals surface area contributed by atoms with Crippen LogP contribution in [-0.4, -0.2) is 66.4 Å². The molecular formula is C25H29F2N5O2S. The molecule has 2 atom stereocenters. The number of carbonyl (C=O) groups is 1. The van der Waals surface area contributed by atoms with Gasteiger partial charge in [-0.1, -0.05) is 18.2 Å². The first-order chi connectivity index (χ1) is 16.9. The van der Waals surface area contributed by atoms with Crippen LogP contribution in [0.3, 0.4) is 0 Å². The molecule has 0 radical (unpaired) electrons. The minimum atomic E-state index is -0.894. The fraction of sp³-hybridized carbons (Fsp3) is 0.360. The zero-order chi connectivity index (χ0) is 24.9. The van der Waals surface area contributed by atoms with E-state index in [9.17, 15) is 13.6 Å². The Bertz CT molecular complexity index is 1170. The molecule has 1 aliphatic rings. The van der Waals surface area contributed by atoms with E-state index in [4.69, 9.17) is 4.74 Å². The smallest absolute Gasteiger partial charge is 0.320 e. The van der Waals surface area contributed by atoms with Gasteiger partial charge in [-0.3, -0.25) is 14.9 Å². The van der Waals surface area contributed by atoms with Gasteiger partial charge in [-0.15, -0.1) is 11.8 Å². The number of ether oxygens (including phenoxy) is 1. The van der Waals surface area contributed by atoms with Crippen molar-refractivity contribution in [2.75, 3.05) is 44.9 Å². The highest BCUT2D eigenvalue weighted by Gasteiger charge is 2.35. The standard InChI is InChI=1S/C25H29F2N5O2S/c1-31-24(13-22(30-31)16-4-7-18(35-3)8-5-16)29-25(33)28-23-15-32(10-11-34-2)14-19(23)17-6-9-20(26)21(27)12-17/h4-9,12-13,19,23H,10-11,14-15H2,1-3H3,(H2,28,29,33). The van der Waals surface area contributed by atoms with E-state index in [1.165, 1.54) is 6.07 Å². The van der Waals surface area contributed by atoms with Gasteiger partial charge in [0.05, 0.1) is 18.3 Å². The average Bonchev–Trinajstić information content (AvgIpc) is 3.42. The number of nitrogens with one attached hydrogen (secondary N) is 2. The topological polar surface area (TPSA) is 71.4 Å². The van der Waals surface area contributed by atoms with E-state index < -0.39 is 11.6 Å². The van der Waals surface area contributed by atoms with Crippen molar-refractivity contribution in [3.63, 3.8) is 0 Å². The first-order valence-corrected chi connectivity index (χ1v) is 12.5. The third-order valence-corrected chi connectivity index (χ3v) is 6.95. The number of aromatic nitrogens is 2. The van der Waals surface area contributed by atoms with Crippen LogP contribution in [0.5, 0.6) is 0 Å². The van der Waals surface area contributed by atoms with Gasteiger partial charge in [-0.25, -0.2) is 13.6 Å². The van der Waals surface area contributed by atoms with E-state index in [1.807, 2.05) is 36.6 Å². The Labute approximate surface area is 207 Å². The van der Waals surface area contributed by atoms with E-state index >= 15 is 0 Å². The number of nitrogens with zero attached hydrogens (tertiary/aromatic N) is 3. The van der Waals surface area contributed by atoms with Crippen molar-refractivity contribution in [1.29, 1.82) is 0 Å². The average molecular weight is 502 g/mol. The maximum atomic E-state index is 13.9. The van der Waals surface area contributed by atoms with Crippen LogP contribution in [-0.2, 0) is 11.8 Å². The summed E-state index contributed by atoms with van der Waals surface area (Å²) in [5.74, 6) is -1.43. The summed E-state index contributed by atoms with van der Waals surface area (Å²) in [5.41, 5.74) is 2.35. The van der Waals surface area contributed by atoms with Crippen LogP contribution < -0.4 is 10.6 Å². The van der Waals surface area contributed by atoms with E-state index in [-0.39, 0.29) is 18.0 Å². The third-order valence-electron chi connectivity index (χ3n) is 6.20. The first kappa shape index (κ1) is 25.2. The van der Waals surface area contributed by atoms with Gasteiger partial charge in [0, 0.05) is 56.2 Å². The third kappa shape index (κ3) is 6.01. The van der Waals surface area contributed by atoms with Crippen LogP contribution in [0, 0.1) is 11.6 Å². The Hall–Kier alpha value is -2.95. The second-order valence-corrected chi connectivity index (χ2v) is 9.38. The lowest BCUT2D eigenvalue weighted by molar-refractivity contribution is 0.159. The summed E-state index contributed by atoms with van der Waals surface area (Å²) in [6.07, 6.45) is 2.02. The number of benzene rings is 2. The van der Waals surface area contributed by atoms with Gasteiger partial charge in [-0.2, -0.15) is 5.10 Å². The molecule has 2 aromatic carbocycles. The monoisotopic (exact) mass is 501 g/mol. The minimum Gasteiger partial charge on any atom is -0.383 e. The number of likely N-dealkylation sites (tertiary alicyclic amines) is 1. The molecule has 2 unspecified atom stereocenters. The number of anilines is 1. The maximum Gasteiger partial charge on any atom is 0.320 e. The fourth-order valence-corrected chi connectivity index (χ4v) is 4.73. The molecule has 0 bridgehead atoms. The van der Waals surface area contributed by atoms with Crippen LogP contribution in [0.1, 0.15) is 11.5 Å². The van der Waals surface area contributed by atoms with Gasteiger partial charge in [-0.05, 0) is 36.1 Å². The molecule has 2 heterocycles. The number of methoxy groups -OCH3 is 1. The van der Waals surface area contributed by atoms with Crippen LogP contribution in [0.4, 0.5) is 19.4 Å². The van der Waals surface area contributed by atoms with Gasteiger partial charge in [0.2, 0.25) is 0 Å². The van der Waals surface area contributed by atoms with Gasteiger partial charge in [0.25, 0.3) is 0 Å². The number of rotatable bonds is 8. The van der Waals surface area contributed by atoms with Gasteiger partial charge < -0.3 is 10.1 Å². The SMILES string of the molecule is COCCN1CC(NC(=O)Nc2cc(-c3ccc(SC)cc3)nn2C)C(c2ccc(F)c(F)c2)C1. The Morgan fingerprint density at radius 3 is 2.60 bits per heavy atom. The Morgan fingerprint density at radius 1 is 1.14 bits per heavy atom. The van der Waals surface area contributed by atoms with Crippen molar-refractivity contribution >= 4 is 23.6 Å². The molecule has 1 aliphatic heterocycles. The zero-order valence-electron chi connectivity index (χ0n) is 19.9. The molecule has 1 saturated heterocycles. The van der Waals surface area contributed by atoms with Crippen LogP contribution >= 0.6 is 11.8 Å². The molecule has 0 spiro atoms. The lowest BCUT2D eigenvalue weighted by Crippen LogP contribution is -2.42. The summed E-state index contributed by atoms with van der Waals surface area (Å²) in [4.78, 5) is 16.2. The lowest BCUT2D eigenvalue weighted by atomic mass is 9.94. The van der Waals surface area contributed by atoms with E-state index in [0.29, 0.717) is 37.6 Å². The molecule has 0 saturated carbocycles. The Kier molecular flexibility index (Phi) is 8.04. The van der Waals surface area contributed by atoms with Gasteiger partial charge >= 0.3 is 6.03 Å². The van der Waals surface area contributed by atoms with E-state index in [2.05, 4.69) is 20.6 Å². The highest BCUT2D eigenvalue weighted by Crippen LogP contribution is 2.29. The number of hydrogen-bond donors (Lipinski definition) is 2. The fourth-order valence-electron chi connectivity index (χ4n) is 4.32. The molecular weight excluding hydrogens is 472 g/mol. The van der Waals surface area contributed by atoms with Crippen molar-refractivity contribution in [3.8, 4) is 11.3 Å². The number of aryl methyl sites for hydroxylation is 1. The highest BCUT2D eigenvalue weighted by atomic mass is 32.2. The summed E-state index contributed by atoms with van der Waals surface area (Å²) < 4.78 is 34.2. The van der Waals surface area contributed by atoms with E-state index in [1.54, 1.807) is 36.7 Å². The Balaban J connectivity index is 1.46. The van der Waals surface area contributed by atoms with Crippen LogP contribution in [0.2, 0.25) is 0 Å². The summed E-state index contributed by atoms with van der Waals surface area (Å²) >= 11 is 1.67. The molecule has 7 nitrogen and oxygen atoms in total. The predicted molar refractivity (Wildman–Crippen MR) is 134 cm³/mol. The summed E-state index contributed by atoms with van der Waals surface area (Å²) in [7, 11) is 3.40. The number of carbonyl (C=O) groups excluding carboxylic acids is 1. The van der Waals surface area contributed by atoms with Crippen molar-refractivity contribution in [2.24, 2.45) is 7.05 Å². The Morgan fingerprint density at radius 2 is 1.91 bits per heavy atom. The molecule has 35 heavy (non-hydrogen) atoms. The van der Waals surface area contributed by atoms with Crippen molar-refractivity contribution in [1.82, 2.24) is 20.0 Å². The van der Waals surface area contributed by atoms with Gasteiger partial charge in [0.1, 0.15) is 5.82 Å². The van der Waals surface area contributed by atoms with Crippen LogP contribution in [0.25, 0.3) is 11.3 Å². The number of halogens is 2. The van der Waals surface area contributed by atoms with Gasteiger partial charge in [0.15, 0.2) is 11.6 Å². The molecule has 10 heteroatoms. The summed E-state index contributed by atoms with van der Waals surface area (Å²) in [5, 5.41) is 10.4. The van der Waals surface area contributed by atoms with Crippen molar-refractivity contribution in [2.45, 2.75) is 16.9 Å².